The third kappa shape index (κ3) is 2.45. The molecular formula is C10H12FNO2. The lowest BCUT2D eigenvalue weighted by atomic mass is 10.3. The Kier molecular flexibility index (Phi) is 3.45. The van der Waals surface area contributed by atoms with Gasteiger partial charge in [-0.3, -0.25) is 0 Å². The Morgan fingerprint density at radius 1 is 1.71 bits per heavy atom. The largest absolute Gasteiger partial charge is 0.476 e. The minimum absolute atomic E-state index is 0.576. The molecule has 0 unspecified atom stereocenters. The maximum atomic E-state index is 12.8. The summed E-state index contributed by atoms with van der Waals surface area (Å²) in [6.45, 7) is 2.76. The van der Waals surface area contributed by atoms with E-state index in [2.05, 4.69) is 0 Å². The molecule has 14 heavy (non-hydrogen) atoms. The Balaban J connectivity index is 2.90. The zero-order chi connectivity index (χ0) is 10.6. The van der Waals surface area contributed by atoms with Crippen molar-refractivity contribution < 1.29 is 14.3 Å². The first-order valence-electron chi connectivity index (χ1n) is 4.40. The third-order valence-corrected chi connectivity index (χ3v) is 1.81. The van der Waals surface area contributed by atoms with Crippen molar-refractivity contribution in [3.8, 4) is 0 Å². The van der Waals surface area contributed by atoms with Crippen LogP contribution in [-0.2, 0) is 11.3 Å². The molecule has 0 bridgehead atoms. The molecule has 1 N–H and O–H groups in total. The molecule has 0 radical (unpaired) electrons. The second-order valence-corrected chi connectivity index (χ2v) is 2.92. The van der Waals surface area contributed by atoms with Gasteiger partial charge in [-0.2, -0.15) is 4.39 Å². The molecule has 0 atom stereocenters. The Morgan fingerprint density at radius 3 is 3.00 bits per heavy atom. The van der Waals surface area contributed by atoms with Gasteiger partial charge in [0.25, 0.3) is 0 Å². The molecule has 0 spiro atoms. The first-order valence-corrected chi connectivity index (χ1v) is 4.40. The van der Waals surface area contributed by atoms with Gasteiger partial charge in [-0.1, -0.05) is 6.92 Å². The SMILES string of the molecule is CCCn1cccc1C=C(F)C(=O)O. The van der Waals surface area contributed by atoms with Crippen LogP contribution in [0.25, 0.3) is 6.08 Å². The van der Waals surface area contributed by atoms with Crippen molar-refractivity contribution in [3.05, 3.63) is 29.9 Å². The highest BCUT2D eigenvalue weighted by molar-refractivity contribution is 5.89. The third-order valence-electron chi connectivity index (χ3n) is 1.81. The maximum Gasteiger partial charge on any atom is 0.364 e. The highest BCUT2D eigenvalue weighted by Gasteiger charge is 2.06. The van der Waals surface area contributed by atoms with E-state index in [1.165, 1.54) is 0 Å². The smallest absolute Gasteiger partial charge is 0.364 e. The molecular weight excluding hydrogens is 185 g/mol. The average molecular weight is 197 g/mol. The highest BCUT2D eigenvalue weighted by Crippen LogP contribution is 2.10. The topological polar surface area (TPSA) is 42.2 Å². The molecule has 4 heteroatoms. The zero-order valence-electron chi connectivity index (χ0n) is 7.90. The molecule has 0 aliphatic heterocycles. The van der Waals surface area contributed by atoms with Crippen LogP contribution in [-0.4, -0.2) is 15.6 Å². The number of aliphatic carboxylic acids is 1. The van der Waals surface area contributed by atoms with Crippen LogP contribution >= 0.6 is 0 Å². The van der Waals surface area contributed by atoms with Crippen LogP contribution in [0.3, 0.4) is 0 Å². The van der Waals surface area contributed by atoms with Crippen molar-refractivity contribution in [3.63, 3.8) is 0 Å². The number of halogens is 1. The van der Waals surface area contributed by atoms with Crippen LogP contribution in [0.2, 0.25) is 0 Å². The van der Waals surface area contributed by atoms with Gasteiger partial charge in [0.2, 0.25) is 5.83 Å². The van der Waals surface area contributed by atoms with Crippen LogP contribution in [0.1, 0.15) is 19.0 Å². The summed E-state index contributed by atoms with van der Waals surface area (Å²) >= 11 is 0. The maximum absolute atomic E-state index is 12.8. The summed E-state index contributed by atoms with van der Waals surface area (Å²) < 4.78 is 14.6. The van der Waals surface area contributed by atoms with Gasteiger partial charge in [0.05, 0.1) is 0 Å². The van der Waals surface area contributed by atoms with Crippen molar-refractivity contribution >= 4 is 12.0 Å². The standard InChI is InChI=1S/C10H12FNO2/c1-2-5-12-6-3-4-8(12)7-9(11)10(13)14/h3-4,6-7H,2,5H2,1H3,(H,13,14). The fraction of sp³-hybridized carbons (Fsp3) is 0.300. The van der Waals surface area contributed by atoms with E-state index in [-0.39, 0.29) is 0 Å². The number of aromatic nitrogens is 1. The number of carboxylic acids is 1. The summed E-state index contributed by atoms with van der Waals surface area (Å²) in [5.74, 6) is -2.67. The quantitative estimate of drug-likeness (QED) is 0.752. The second kappa shape index (κ2) is 4.60. The molecule has 0 saturated carbocycles. The van der Waals surface area contributed by atoms with Gasteiger partial charge in [-0.05, 0) is 18.6 Å². The van der Waals surface area contributed by atoms with Crippen LogP contribution < -0.4 is 0 Å². The number of nitrogens with zero attached hydrogens (tertiary/aromatic N) is 1. The zero-order valence-corrected chi connectivity index (χ0v) is 7.90. The summed E-state index contributed by atoms with van der Waals surface area (Å²) in [4.78, 5) is 10.2. The molecule has 0 aliphatic carbocycles. The van der Waals surface area contributed by atoms with E-state index in [4.69, 9.17) is 5.11 Å². The molecule has 0 aliphatic rings. The number of carbonyl (C=O) groups is 1. The summed E-state index contributed by atoms with van der Waals surface area (Å²) in [5.41, 5.74) is 0.576. The average Bonchev–Trinajstić information content (AvgIpc) is 2.53. The first-order chi connectivity index (χ1) is 6.65. The fourth-order valence-corrected chi connectivity index (χ4v) is 1.19. The molecule has 1 aromatic heterocycles. The van der Waals surface area contributed by atoms with Gasteiger partial charge in [-0.15, -0.1) is 0 Å². The number of rotatable bonds is 4. The van der Waals surface area contributed by atoms with Crippen LogP contribution in [0.15, 0.2) is 24.2 Å². The fourth-order valence-electron chi connectivity index (χ4n) is 1.19. The summed E-state index contributed by atoms with van der Waals surface area (Å²) in [7, 11) is 0. The Bertz CT molecular complexity index is 355. The normalized spacial score (nSPS) is 11.7. The Morgan fingerprint density at radius 2 is 2.43 bits per heavy atom. The van der Waals surface area contributed by atoms with Crippen molar-refractivity contribution in [2.75, 3.05) is 0 Å². The summed E-state index contributed by atoms with van der Waals surface area (Å²) in [6.07, 6.45) is 3.74. The summed E-state index contributed by atoms with van der Waals surface area (Å²) in [5, 5.41) is 8.35. The predicted octanol–water partition coefficient (Wildman–Crippen LogP) is 2.29. The number of aryl methyl sites for hydroxylation is 1. The highest BCUT2D eigenvalue weighted by atomic mass is 19.1. The Hall–Kier alpha value is -1.58. The van der Waals surface area contributed by atoms with Crippen LogP contribution in [0, 0.1) is 0 Å². The second-order valence-electron chi connectivity index (χ2n) is 2.92. The molecule has 0 amide bonds. The Labute approximate surface area is 81.5 Å². The molecule has 3 nitrogen and oxygen atoms in total. The first kappa shape index (κ1) is 10.5. The lowest BCUT2D eigenvalue weighted by Crippen LogP contribution is -1.99. The lowest BCUT2D eigenvalue weighted by Gasteiger charge is -2.02. The molecule has 0 saturated heterocycles. The van der Waals surface area contributed by atoms with Crippen molar-refractivity contribution in [2.45, 2.75) is 19.9 Å². The number of carboxylic acid groups (broad SMARTS) is 1. The monoisotopic (exact) mass is 197 g/mol. The van der Waals surface area contributed by atoms with Crippen molar-refractivity contribution in [1.29, 1.82) is 0 Å². The number of hydrogen-bond donors (Lipinski definition) is 1. The van der Waals surface area contributed by atoms with Crippen molar-refractivity contribution in [2.24, 2.45) is 0 Å². The van der Waals surface area contributed by atoms with E-state index in [1.807, 2.05) is 11.5 Å². The molecule has 1 rings (SSSR count). The van der Waals surface area contributed by atoms with E-state index in [0.717, 1.165) is 19.0 Å². The van der Waals surface area contributed by atoms with Gasteiger partial charge in [0, 0.05) is 24.5 Å². The number of hydrogen-bond acceptors (Lipinski definition) is 1. The minimum atomic E-state index is -1.53. The van der Waals surface area contributed by atoms with Gasteiger partial charge in [-0.25, -0.2) is 4.79 Å². The summed E-state index contributed by atoms with van der Waals surface area (Å²) in [6, 6.07) is 3.44. The molecule has 76 valence electrons. The minimum Gasteiger partial charge on any atom is -0.476 e. The van der Waals surface area contributed by atoms with Crippen LogP contribution in [0.5, 0.6) is 0 Å². The van der Waals surface area contributed by atoms with E-state index in [9.17, 15) is 9.18 Å². The molecule has 1 aromatic rings. The van der Waals surface area contributed by atoms with E-state index >= 15 is 0 Å². The van der Waals surface area contributed by atoms with E-state index in [1.54, 1.807) is 18.3 Å². The lowest BCUT2D eigenvalue weighted by molar-refractivity contribution is -0.134. The van der Waals surface area contributed by atoms with Gasteiger partial charge in [0.1, 0.15) is 0 Å². The van der Waals surface area contributed by atoms with Gasteiger partial charge in [0.15, 0.2) is 0 Å². The van der Waals surface area contributed by atoms with E-state index < -0.39 is 11.8 Å². The molecule has 0 aromatic carbocycles. The molecule has 1 heterocycles. The van der Waals surface area contributed by atoms with Gasteiger partial charge >= 0.3 is 5.97 Å². The predicted molar refractivity (Wildman–Crippen MR) is 51.4 cm³/mol. The van der Waals surface area contributed by atoms with Gasteiger partial charge < -0.3 is 9.67 Å². The van der Waals surface area contributed by atoms with Crippen LogP contribution in [0.4, 0.5) is 4.39 Å². The molecule has 0 fully saturated rings. The van der Waals surface area contributed by atoms with Crippen molar-refractivity contribution in [1.82, 2.24) is 4.57 Å². The van der Waals surface area contributed by atoms with E-state index in [0.29, 0.717) is 5.69 Å².